The number of hydrogen-bond acceptors (Lipinski definition) is 11. The Hall–Kier alpha value is -2.02. The molecular formula is C30H47F5O11. The van der Waals surface area contributed by atoms with Crippen LogP contribution in [0.3, 0.4) is 0 Å². The molecule has 0 aliphatic rings. The van der Waals surface area contributed by atoms with Gasteiger partial charge in [0.05, 0.1) is 119 Å². The van der Waals surface area contributed by atoms with Crippen LogP contribution < -0.4 is 4.74 Å². The molecule has 0 aromatic heterocycles. The van der Waals surface area contributed by atoms with Crippen molar-refractivity contribution in [1.29, 1.82) is 0 Å². The maximum atomic E-state index is 13.5. The summed E-state index contributed by atoms with van der Waals surface area (Å²) in [6.45, 7) is 9.27. The second-order valence-corrected chi connectivity index (χ2v) is 9.34. The summed E-state index contributed by atoms with van der Waals surface area (Å²) >= 11 is 0. The fourth-order valence-electron chi connectivity index (χ4n) is 3.31. The lowest BCUT2D eigenvalue weighted by Crippen LogP contribution is -2.16. The van der Waals surface area contributed by atoms with E-state index in [2.05, 4.69) is 11.7 Å². The topological polar surface area (TPSA) is 109 Å². The summed E-state index contributed by atoms with van der Waals surface area (Å²) in [6, 6.07) is 0. The van der Waals surface area contributed by atoms with Gasteiger partial charge in [0.25, 0.3) is 0 Å². The number of carbonyl (C=O) groups is 1. The lowest BCUT2D eigenvalue weighted by Gasteiger charge is -2.09. The van der Waals surface area contributed by atoms with E-state index >= 15 is 0 Å². The van der Waals surface area contributed by atoms with Gasteiger partial charge in [0, 0.05) is 6.61 Å². The Morgan fingerprint density at radius 1 is 0.413 bits per heavy atom. The summed E-state index contributed by atoms with van der Waals surface area (Å²) in [7, 11) is 0. The van der Waals surface area contributed by atoms with Crippen molar-refractivity contribution in [1.82, 2.24) is 0 Å². The van der Waals surface area contributed by atoms with Gasteiger partial charge in [0.1, 0.15) is 0 Å². The highest BCUT2D eigenvalue weighted by atomic mass is 19.2. The standard InChI is InChI=1S/C30H47F5O11/c1-2-3-4-6-37-8-10-39-12-14-41-16-18-43-20-22-45-23-21-44-19-17-42-15-13-40-11-9-38-7-5-24(36)46-30-28(34)26(32)25(31)27(33)29(30)35/h2-23H2,1H3. The summed E-state index contributed by atoms with van der Waals surface area (Å²) in [5.41, 5.74) is 0. The quantitative estimate of drug-likeness (QED) is 0.0276. The van der Waals surface area contributed by atoms with E-state index in [0.29, 0.717) is 85.9 Å². The Kier molecular flexibility index (Phi) is 26.6. The third kappa shape index (κ3) is 21.0. The first-order valence-electron chi connectivity index (χ1n) is 15.3. The molecule has 268 valence electrons. The van der Waals surface area contributed by atoms with E-state index in [1.54, 1.807) is 0 Å². The monoisotopic (exact) mass is 678 g/mol. The number of halogens is 5. The zero-order valence-electron chi connectivity index (χ0n) is 26.4. The van der Waals surface area contributed by atoms with Crippen LogP contribution in [0.4, 0.5) is 22.0 Å². The molecule has 0 fully saturated rings. The molecule has 1 aromatic carbocycles. The van der Waals surface area contributed by atoms with E-state index in [4.69, 9.17) is 42.6 Å². The minimum Gasteiger partial charge on any atom is -0.420 e. The predicted octanol–water partition coefficient (Wildman–Crippen LogP) is 4.02. The molecule has 1 aromatic rings. The normalized spacial score (nSPS) is 11.4. The summed E-state index contributed by atoms with van der Waals surface area (Å²) in [5.74, 6) is -14.1. The van der Waals surface area contributed by atoms with E-state index in [1.165, 1.54) is 12.8 Å². The smallest absolute Gasteiger partial charge is 0.313 e. The highest BCUT2D eigenvalue weighted by Gasteiger charge is 2.28. The Bertz CT molecular complexity index is 885. The lowest BCUT2D eigenvalue weighted by atomic mass is 10.2. The molecule has 0 saturated heterocycles. The molecule has 0 radical (unpaired) electrons. The van der Waals surface area contributed by atoms with Crippen molar-refractivity contribution in [3.05, 3.63) is 29.1 Å². The van der Waals surface area contributed by atoms with Crippen LogP contribution in [0.25, 0.3) is 0 Å². The second kappa shape index (κ2) is 29.1. The molecule has 1 rings (SSSR count). The first-order chi connectivity index (χ1) is 22.4. The van der Waals surface area contributed by atoms with E-state index in [-0.39, 0.29) is 26.4 Å². The van der Waals surface area contributed by atoms with E-state index in [1.807, 2.05) is 0 Å². The van der Waals surface area contributed by atoms with Gasteiger partial charge in [-0.3, -0.25) is 4.79 Å². The minimum atomic E-state index is -2.35. The van der Waals surface area contributed by atoms with Crippen molar-refractivity contribution in [2.24, 2.45) is 0 Å². The molecule has 16 heteroatoms. The van der Waals surface area contributed by atoms with Gasteiger partial charge in [0.2, 0.25) is 34.8 Å². The SMILES string of the molecule is CCCCCOCCOCCOCCOCCOCCOCCOCCOCCOCCC(=O)Oc1c(F)c(F)c(F)c(F)c1F. The van der Waals surface area contributed by atoms with Gasteiger partial charge in [-0.05, 0) is 6.42 Å². The number of carbonyl (C=O) groups excluding carboxylic acids is 1. The summed E-state index contributed by atoms with van der Waals surface area (Å²) < 4.78 is 119. The van der Waals surface area contributed by atoms with Gasteiger partial charge in [-0.15, -0.1) is 0 Å². The molecule has 0 saturated carbocycles. The first-order valence-corrected chi connectivity index (χ1v) is 15.3. The fourth-order valence-corrected chi connectivity index (χ4v) is 3.31. The number of esters is 1. The van der Waals surface area contributed by atoms with Gasteiger partial charge in [-0.2, -0.15) is 8.78 Å². The van der Waals surface area contributed by atoms with Crippen LogP contribution in [-0.2, 0) is 47.4 Å². The molecule has 0 aliphatic carbocycles. The van der Waals surface area contributed by atoms with Crippen molar-refractivity contribution in [2.45, 2.75) is 32.6 Å². The largest absolute Gasteiger partial charge is 0.420 e. The maximum Gasteiger partial charge on any atom is 0.313 e. The summed E-state index contributed by atoms with van der Waals surface area (Å²) in [5, 5.41) is 0. The van der Waals surface area contributed by atoms with Crippen molar-refractivity contribution >= 4 is 5.97 Å². The van der Waals surface area contributed by atoms with Gasteiger partial charge in [-0.25, -0.2) is 13.2 Å². The molecule has 0 N–H and O–H groups in total. The van der Waals surface area contributed by atoms with Crippen LogP contribution >= 0.6 is 0 Å². The average Bonchev–Trinajstić information content (AvgIpc) is 3.05. The second-order valence-electron chi connectivity index (χ2n) is 9.34. The molecule has 46 heavy (non-hydrogen) atoms. The number of ether oxygens (including phenoxy) is 10. The van der Waals surface area contributed by atoms with Crippen molar-refractivity contribution < 1.29 is 74.1 Å². The van der Waals surface area contributed by atoms with Crippen molar-refractivity contribution in [2.75, 3.05) is 119 Å². The first kappa shape index (κ1) is 42.0. The van der Waals surface area contributed by atoms with E-state index in [9.17, 15) is 26.7 Å². The molecule has 0 heterocycles. The molecule has 0 amide bonds. The Labute approximate surface area is 266 Å². The minimum absolute atomic E-state index is 0.0864. The maximum absolute atomic E-state index is 13.5. The highest BCUT2D eigenvalue weighted by molar-refractivity contribution is 5.72. The molecule has 0 bridgehead atoms. The summed E-state index contributed by atoms with van der Waals surface area (Å²) in [6.07, 6.45) is 2.98. The molecule has 11 nitrogen and oxygen atoms in total. The van der Waals surface area contributed by atoms with Gasteiger partial charge in [-0.1, -0.05) is 19.8 Å². The summed E-state index contributed by atoms with van der Waals surface area (Å²) in [4.78, 5) is 11.6. The van der Waals surface area contributed by atoms with Gasteiger partial charge in [0.15, 0.2) is 0 Å². The molecule has 0 unspecified atom stereocenters. The zero-order chi connectivity index (χ0) is 33.7. The highest BCUT2D eigenvalue weighted by Crippen LogP contribution is 2.29. The molecule has 0 atom stereocenters. The predicted molar refractivity (Wildman–Crippen MR) is 153 cm³/mol. The van der Waals surface area contributed by atoms with Crippen LogP contribution in [0.15, 0.2) is 0 Å². The number of rotatable bonds is 32. The molecular weight excluding hydrogens is 631 g/mol. The fraction of sp³-hybridized carbons (Fsp3) is 0.767. The van der Waals surface area contributed by atoms with Crippen LogP contribution in [0.2, 0.25) is 0 Å². The Morgan fingerprint density at radius 2 is 0.696 bits per heavy atom. The van der Waals surface area contributed by atoms with Gasteiger partial charge >= 0.3 is 5.97 Å². The lowest BCUT2D eigenvalue weighted by molar-refractivity contribution is -0.136. The molecule has 0 aliphatic heterocycles. The van der Waals surface area contributed by atoms with Crippen molar-refractivity contribution in [3.8, 4) is 5.75 Å². The van der Waals surface area contributed by atoms with Crippen molar-refractivity contribution in [3.63, 3.8) is 0 Å². The van der Waals surface area contributed by atoms with Crippen LogP contribution in [0, 0.1) is 29.1 Å². The van der Waals surface area contributed by atoms with Crippen LogP contribution in [0.1, 0.15) is 32.6 Å². The number of benzene rings is 1. The van der Waals surface area contributed by atoms with Gasteiger partial charge < -0.3 is 47.4 Å². The van der Waals surface area contributed by atoms with E-state index in [0.717, 1.165) is 13.0 Å². The number of hydrogen-bond donors (Lipinski definition) is 0. The number of unbranched alkanes of at least 4 members (excludes halogenated alkanes) is 2. The third-order valence-corrected chi connectivity index (χ3v) is 5.70. The average molecular weight is 679 g/mol. The van der Waals surface area contributed by atoms with Crippen LogP contribution in [0.5, 0.6) is 5.75 Å². The van der Waals surface area contributed by atoms with Crippen LogP contribution in [-0.4, -0.2) is 125 Å². The third-order valence-electron chi connectivity index (χ3n) is 5.70. The molecule has 0 spiro atoms. The van der Waals surface area contributed by atoms with E-state index < -0.39 is 47.2 Å². The Morgan fingerprint density at radius 3 is 1.02 bits per heavy atom. The zero-order valence-corrected chi connectivity index (χ0v) is 26.4. The Balaban J connectivity index is 1.77.